The van der Waals surface area contributed by atoms with E-state index < -0.39 is 12.2 Å². The van der Waals surface area contributed by atoms with Crippen LogP contribution in [0.1, 0.15) is 55.7 Å². The number of phenolic OH excluding ortho intramolecular Hbond substituents is 1. The number of phenols is 1. The maximum Gasteiger partial charge on any atom is 0.174 e. The summed E-state index contributed by atoms with van der Waals surface area (Å²) >= 11 is 5.87. The molecule has 0 aliphatic heterocycles. The van der Waals surface area contributed by atoms with Crippen molar-refractivity contribution in [3.05, 3.63) is 93.6 Å². The van der Waals surface area contributed by atoms with Crippen LogP contribution in [-0.2, 0) is 0 Å². The molecule has 1 heterocycles. The second-order valence-corrected chi connectivity index (χ2v) is 8.54. The topological polar surface area (TPSA) is 76.4 Å². The van der Waals surface area contributed by atoms with Crippen molar-refractivity contribution in [2.45, 2.75) is 27.2 Å². The van der Waals surface area contributed by atoms with Gasteiger partial charge >= 0.3 is 0 Å². The van der Waals surface area contributed by atoms with Gasteiger partial charge in [0.1, 0.15) is 5.75 Å². The van der Waals surface area contributed by atoms with E-state index in [1.807, 2.05) is 42.7 Å². The van der Waals surface area contributed by atoms with E-state index in [4.69, 9.17) is 11.6 Å². The number of carbonyl (C=O) groups is 3. The minimum Gasteiger partial charge on any atom is -0.507 e. The van der Waals surface area contributed by atoms with E-state index in [0.29, 0.717) is 32.7 Å². The summed E-state index contributed by atoms with van der Waals surface area (Å²) in [6, 6.07) is 17.1. The summed E-state index contributed by atoms with van der Waals surface area (Å²) in [7, 11) is 0. The summed E-state index contributed by atoms with van der Waals surface area (Å²) in [6.07, 6.45) is -0.398. The first-order valence-electron chi connectivity index (χ1n) is 10.5. The van der Waals surface area contributed by atoms with Crippen LogP contribution in [0.15, 0.2) is 60.7 Å². The van der Waals surface area contributed by atoms with Gasteiger partial charge in [0.15, 0.2) is 17.3 Å². The third-order valence-corrected chi connectivity index (χ3v) is 6.01. The van der Waals surface area contributed by atoms with Gasteiger partial charge in [-0.2, -0.15) is 0 Å². The first kappa shape index (κ1) is 22.5. The van der Waals surface area contributed by atoms with Gasteiger partial charge in [0.25, 0.3) is 0 Å². The summed E-state index contributed by atoms with van der Waals surface area (Å²) in [5.41, 5.74) is 4.13. The lowest BCUT2D eigenvalue weighted by Crippen LogP contribution is -2.09. The molecule has 0 fully saturated rings. The number of ketones is 3. The highest BCUT2D eigenvalue weighted by atomic mass is 35.5. The molecule has 0 aliphatic rings. The molecular formula is C27H22ClNO4. The number of Topliss-reactive ketones (excluding diaryl/α,β-unsaturated/α-hetero) is 3. The molecule has 5 nitrogen and oxygen atoms in total. The molecule has 0 radical (unpaired) electrons. The number of fused-ring (bicyclic) bond motifs is 1. The van der Waals surface area contributed by atoms with E-state index in [-0.39, 0.29) is 22.9 Å². The first-order valence-corrected chi connectivity index (χ1v) is 10.8. The monoisotopic (exact) mass is 459 g/mol. The lowest BCUT2D eigenvalue weighted by Gasteiger charge is -2.10. The van der Waals surface area contributed by atoms with Crippen LogP contribution in [0.3, 0.4) is 0 Å². The van der Waals surface area contributed by atoms with Crippen molar-refractivity contribution in [2.75, 3.05) is 0 Å². The van der Waals surface area contributed by atoms with E-state index in [1.54, 1.807) is 30.3 Å². The Balaban J connectivity index is 1.82. The first-order chi connectivity index (χ1) is 15.7. The van der Waals surface area contributed by atoms with Crippen LogP contribution in [-0.4, -0.2) is 27.0 Å². The Morgan fingerprint density at radius 3 is 2.15 bits per heavy atom. The highest BCUT2D eigenvalue weighted by molar-refractivity contribution is 6.30. The van der Waals surface area contributed by atoms with Gasteiger partial charge in [-0.25, -0.2) is 0 Å². The molecule has 0 amide bonds. The van der Waals surface area contributed by atoms with E-state index in [0.717, 1.165) is 11.3 Å². The zero-order valence-electron chi connectivity index (χ0n) is 18.5. The molecule has 0 unspecified atom stereocenters. The van der Waals surface area contributed by atoms with Crippen molar-refractivity contribution in [1.82, 2.24) is 4.57 Å². The SMILES string of the molecule is CC(=O)c1c(C)n(-c2ccc(C)cc2)c2cc(C(=O)CC(=O)c3ccc(Cl)cc3)c(O)cc12. The molecule has 0 bridgehead atoms. The molecule has 3 aromatic carbocycles. The van der Waals surface area contributed by atoms with Gasteiger partial charge in [-0.05, 0) is 69.3 Å². The Morgan fingerprint density at radius 1 is 0.909 bits per heavy atom. The van der Waals surface area contributed by atoms with Gasteiger partial charge in [0, 0.05) is 32.9 Å². The summed E-state index contributed by atoms with van der Waals surface area (Å²) in [5, 5.41) is 11.7. The number of hydrogen-bond acceptors (Lipinski definition) is 4. The van der Waals surface area contributed by atoms with Crippen LogP contribution in [0.4, 0.5) is 0 Å². The van der Waals surface area contributed by atoms with Crippen LogP contribution in [0, 0.1) is 13.8 Å². The second-order valence-electron chi connectivity index (χ2n) is 8.10. The number of halogens is 1. The van der Waals surface area contributed by atoms with Crippen LogP contribution in [0.25, 0.3) is 16.6 Å². The van der Waals surface area contributed by atoms with Gasteiger partial charge in [0.2, 0.25) is 0 Å². The molecule has 0 saturated heterocycles. The lowest BCUT2D eigenvalue weighted by atomic mass is 9.99. The molecule has 33 heavy (non-hydrogen) atoms. The van der Waals surface area contributed by atoms with E-state index in [9.17, 15) is 19.5 Å². The predicted molar refractivity (Wildman–Crippen MR) is 129 cm³/mol. The maximum atomic E-state index is 13.0. The van der Waals surface area contributed by atoms with Crippen LogP contribution < -0.4 is 0 Å². The molecule has 0 spiro atoms. The zero-order valence-corrected chi connectivity index (χ0v) is 19.2. The fourth-order valence-corrected chi connectivity index (χ4v) is 4.25. The maximum absolute atomic E-state index is 13.0. The number of aryl methyl sites for hydroxylation is 1. The Kier molecular flexibility index (Phi) is 5.91. The van der Waals surface area contributed by atoms with E-state index in [1.165, 1.54) is 13.0 Å². The molecule has 4 aromatic rings. The normalized spacial score (nSPS) is 11.0. The number of aromatic hydroxyl groups is 1. The second kappa shape index (κ2) is 8.68. The molecule has 0 atom stereocenters. The number of rotatable bonds is 6. The molecule has 166 valence electrons. The molecule has 0 saturated carbocycles. The van der Waals surface area contributed by atoms with Crippen LogP contribution >= 0.6 is 11.6 Å². The number of carbonyl (C=O) groups excluding carboxylic acids is 3. The highest BCUT2D eigenvalue weighted by Gasteiger charge is 2.23. The molecule has 4 rings (SSSR count). The molecule has 6 heteroatoms. The molecule has 1 N–H and O–H groups in total. The standard InChI is InChI=1S/C27H22ClNO4/c1-15-4-10-20(11-5-15)29-16(2)27(17(3)30)21-13-25(32)22(12-23(21)29)26(33)14-24(31)18-6-8-19(28)9-7-18/h4-13,32H,14H2,1-3H3. The smallest absolute Gasteiger partial charge is 0.174 e. The molecule has 1 aromatic heterocycles. The van der Waals surface area contributed by atoms with Crippen molar-refractivity contribution in [1.29, 1.82) is 0 Å². The highest BCUT2D eigenvalue weighted by Crippen LogP contribution is 2.35. The van der Waals surface area contributed by atoms with Gasteiger partial charge in [0.05, 0.1) is 17.5 Å². The van der Waals surface area contributed by atoms with Crippen molar-refractivity contribution in [3.8, 4) is 11.4 Å². The lowest BCUT2D eigenvalue weighted by molar-refractivity contribution is 0.0892. The summed E-state index contributed by atoms with van der Waals surface area (Å²) in [4.78, 5) is 38.0. The summed E-state index contributed by atoms with van der Waals surface area (Å²) < 4.78 is 1.89. The minimum absolute atomic E-state index is 0.0331. The summed E-state index contributed by atoms with van der Waals surface area (Å²) in [6.45, 7) is 5.29. The Labute approximate surface area is 196 Å². The zero-order chi connectivity index (χ0) is 23.9. The van der Waals surface area contributed by atoms with Gasteiger partial charge in [-0.15, -0.1) is 0 Å². The Hall–Kier alpha value is -3.70. The number of nitrogens with zero attached hydrogens (tertiary/aromatic N) is 1. The fraction of sp³-hybridized carbons (Fsp3) is 0.148. The van der Waals surface area contributed by atoms with Gasteiger partial charge < -0.3 is 9.67 Å². The van der Waals surface area contributed by atoms with Crippen molar-refractivity contribution in [3.63, 3.8) is 0 Å². The van der Waals surface area contributed by atoms with E-state index in [2.05, 4.69) is 0 Å². The Bertz CT molecular complexity index is 1410. The summed E-state index contributed by atoms with van der Waals surface area (Å²) in [5.74, 6) is -1.28. The third-order valence-electron chi connectivity index (χ3n) is 5.75. The van der Waals surface area contributed by atoms with Gasteiger partial charge in [-0.1, -0.05) is 29.3 Å². The van der Waals surface area contributed by atoms with Crippen molar-refractivity contribution in [2.24, 2.45) is 0 Å². The molecular weight excluding hydrogens is 438 g/mol. The average molecular weight is 460 g/mol. The largest absolute Gasteiger partial charge is 0.507 e. The predicted octanol–water partition coefficient (Wildman–Crippen LogP) is 6.26. The number of benzene rings is 3. The van der Waals surface area contributed by atoms with Gasteiger partial charge in [-0.3, -0.25) is 14.4 Å². The van der Waals surface area contributed by atoms with E-state index >= 15 is 0 Å². The minimum atomic E-state index is -0.506. The Morgan fingerprint density at radius 2 is 1.55 bits per heavy atom. The quantitative estimate of drug-likeness (QED) is 0.272. The number of aromatic nitrogens is 1. The average Bonchev–Trinajstić information content (AvgIpc) is 3.05. The van der Waals surface area contributed by atoms with Crippen molar-refractivity contribution >= 4 is 39.9 Å². The molecule has 0 aliphatic carbocycles. The fourth-order valence-electron chi connectivity index (χ4n) is 4.12. The van der Waals surface area contributed by atoms with Crippen LogP contribution in [0.5, 0.6) is 5.75 Å². The third kappa shape index (κ3) is 4.20. The van der Waals surface area contributed by atoms with Crippen molar-refractivity contribution < 1.29 is 19.5 Å². The van der Waals surface area contributed by atoms with Crippen LogP contribution in [0.2, 0.25) is 5.02 Å². The number of hydrogen-bond donors (Lipinski definition) is 1.